The fraction of sp³-hybridized carbons (Fsp3) is 0.455. The van der Waals surface area contributed by atoms with Crippen LogP contribution in [-0.4, -0.2) is 82.0 Å². The minimum Gasteiger partial charge on any atom is -0.456 e. The fourth-order valence-corrected chi connectivity index (χ4v) is 4.91. The number of pyridine rings is 1. The summed E-state index contributed by atoms with van der Waals surface area (Å²) < 4.78 is 17.2. The van der Waals surface area contributed by atoms with Crippen molar-refractivity contribution < 1.29 is 24.4 Å². The summed E-state index contributed by atoms with van der Waals surface area (Å²) in [5.74, 6) is 0. The van der Waals surface area contributed by atoms with E-state index in [2.05, 4.69) is 19.9 Å². The standard InChI is InChI=1S/C22H23ClN4O5/c23-14-7-15-21(26-22(24-15)32-17-10-31-19-16(29)9-30-20(17)19)25-18(14)11-1-3-12(4-2-11)27-6-5-13(28)8-27/h1-4,7,13,16-17,19-20,28-29H,5-6,8-10H2,(H,24,25,26)/t13-,16+,17+,19+,20?/m0/s1. The molecule has 32 heavy (non-hydrogen) atoms. The van der Waals surface area contributed by atoms with Crippen LogP contribution >= 0.6 is 11.6 Å². The zero-order valence-electron chi connectivity index (χ0n) is 17.1. The van der Waals surface area contributed by atoms with Crippen molar-refractivity contribution in [2.24, 2.45) is 0 Å². The van der Waals surface area contributed by atoms with Gasteiger partial charge in [-0.1, -0.05) is 23.7 Å². The summed E-state index contributed by atoms with van der Waals surface area (Å²) in [5.41, 5.74) is 3.74. The Morgan fingerprint density at radius 2 is 1.91 bits per heavy atom. The zero-order chi connectivity index (χ0) is 21.8. The lowest BCUT2D eigenvalue weighted by Gasteiger charge is -2.18. The molecule has 0 amide bonds. The molecule has 6 rings (SSSR count). The number of H-pyrrole nitrogens is 1. The van der Waals surface area contributed by atoms with Crippen molar-refractivity contribution in [1.29, 1.82) is 0 Å². The minimum absolute atomic E-state index is 0.243. The van der Waals surface area contributed by atoms with E-state index in [0.717, 1.165) is 24.2 Å². The van der Waals surface area contributed by atoms with Gasteiger partial charge in [-0.15, -0.1) is 0 Å². The third-order valence-corrected chi connectivity index (χ3v) is 6.61. The van der Waals surface area contributed by atoms with E-state index in [4.69, 9.17) is 25.8 Å². The first-order valence-corrected chi connectivity index (χ1v) is 11.1. The van der Waals surface area contributed by atoms with Crippen LogP contribution in [0.5, 0.6) is 6.01 Å². The molecule has 3 fully saturated rings. The molecule has 3 saturated heterocycles. The minimum atomic E-state index is -0.630. The zero-order valence-corrected chi connectivity index (χ0v) is 17.9. The Bertz CT molecular complexity index is 1140. The van der Waals surface area contributed by atoms with Crippen molar-refractivity contribution in [2.75, 3.05) is 31.2 Å². The fourth-order valence-electron chi connectivity index (χ4n) is 4.65. The van der Waals surface area contributed by atoms with E-state index in [9.17, 15) is 10.2 Å². The number of anilines is 1. The van der Waals surface area contributed by atoms with Crippen LogP contribution in [0.4, 0.5) is 5.69 Å². The molecule has 3 aliphatic heterocycles. The first-order valence-electron chi connectivity index (χ1n) is 10.7. The number of ether oxygens (including phenoxy) is 3. The number of rotatable bonds is 4. The molecule has 5 heterocycles. The number of aromatic nitrogens is 3. The van der Waals surface area contributed by atoms with Gasteiger partial charge in [-0.05, 0) is 24.6 Å². The third kappa shape index (κ3) is 3.50. The molecule has 9 nitrogen and oxygen atoms in total. The number of aliphatic hydroxyl groups excluding tert-OH is 2. The second kappa shape index (κ2) is 7.86. The molecule has 3 N–H and O–H groups in total. The number of imidazole rings is 1. The third-order valence-electron chi connectivity index (χ3n) is 6.32. The van der Waals surface area contributed by atoms with Crippen molar-refractivity contribution in [3.8, 4) is 17.3 Å². The van der Waals surface area contributed by atoms with E-state index in [1.165, 1.54) is 0 Å². The van der Waals surface area contributed by atoms with Gasteiger partial charge in [0.1, 0.15) is 18.3 Å². The number of aromatic amines is 1. The van der Waals surface area contributed by atoms with Gasteiger partial charge in [-0.3, -0.25) is 0 Å². The van der Waals surface area contributed by atoms with Crippen LogP contribution in [0.3, 0.4) is 0 Å². The molecular formula is C22H23ClN4O5. The lowest BCUT2D eigenvalue weighted by atomic mass is 10.1. The number of β-amino-alcohol motifs (C(OH)–C–C–N with tert-alkyl or cyclic N) is 1. The molecular weight excluding hydrogens is 436 g/mol. The summed E-state index contributed by atoms with van der Waals surface area (Å²) in [6.07, 6.45) is -1.15. The lowest BCUT2D eigenvalue weighted by Crippen LogP contribution is -2.34. The van der Waals surface area contributed by atoms with Crippen molar-refractivity contribution in [1.82, 2.24) is 15.0 Å². The van der Waals surface area contributed by atoms with Gasteiger partial charge in [-0.25, -0.2) is 4.98 Å². The summed E-state index contributed by atoms with van der Waals surface area (Å²) in [4.78, 5) is 14.4. The SMILES string of the molecule is O[C@H]1CCN(c2ccc(-c3nc4nc(O[C@@H]5CO[C@H]6C5OC[C@H]6O)[nH]c4cc3Cl)cc2)C1. The van der Waals surface area contributed by atoms with Crippen molar-refractivity contribution in [3.63, 3.8) is 0 Å². The van der Waals surface area contributed by atoms with Gasteiger partial charge in [0.2, 0.25) is 0 Å². The largest absolute Gasteiger partial charge is 0.456 e. The Balaban J connectivity index is 1.23. The number of aliphatic hydroxyl groups is 2. The maximum absolute atomic E-state index is 9.89. The highest BCUT2D eigenvalue weighted by Crippen LogP contribution is 2.33. The summed E-state index contributed by atoms with van der Waals surface area (Å²) in [7, 11) is 0. The van der Waals surface area contributed by atoms with Gasteiger partial charge in [0.05, 0.1) is 35.6 Å². The van der Waals surface area contributed by atoms with Crippen molar-refractivity contribution >= 4 is 28.5 Å². The van der Waals surface area contributed by atoms with E-state index >= 15 is 0 Å². The average Bonchev–Trinajstić information content (AvgIpc) is 3.55. The second-order valence-electron chi connectivity index (χ2n) is 8.49. The highest BCUT2D eigenvalue weighted by atomic mass is 35.5. The van der Waals surface area contributed by atoms with Crippen LogP contribution < -0.4 is 9.64 Å². The highest BCUT2D eigenvalue weighted by molar-refractivity contribution is 6.33. The van der Waals surface area contributed by atoms with E-state index in [1.807, 2.05) is 24.3 Å². The van der Waals surface area contributed by atoms with Crippen LogP contribution in [0.2, 0.25) is 5.02 Å². The van der Waals surface area contributed by atoms with Crippen LogP contribution in [0.25, 0.3) is 22.4 Å². The maximum Gasteiger partial charge on any atom is 0.296 e. The summed E-state index contributed by atoms with van der Waals surface area (Å²) >= 11 is 6.53. The van der Waals surface area contributed by atoms with E-state index < -0.39 is 6.10 Å². The lowest BCUT2D eigenvalue weighted by molar-refractivity contribution is 0.00706. The Kier molecular flexibility index (Phi) is 4.96. The molecule has 3 aliphatic rings. The van der Waals surface area contributed by atoms with Gasteiger partial charge in [0, 0.05) is 24.3 Å². The molecule has 5 atom stereocenters. The molecule has 0 radical (unpaired) electrons. The highest BCUT2D eigenvalue weighted by Gasteiger charge is 2.48. The van der Waals surface area contributed by atoms with Gasteiger partial charge >= 0.3 is 0 Å². The molecule has 1 aromatic carbocycles. The average molecular weight is 459 g/mol. The van der Waals surface area contributed by atoms with Crippen molar-refractivity contribution in [3.05, 3.63) is 35.4 Å². The van der Waals surface area contributed by atoms with Crippen molar-refractivity contribution in [2.45, 2.75) is 36.9 Å². The maximum atomic E-state index is 9.89. The predicted octanol–water partition coefficient (Wildman–Crippen LogP) is 1.76. The normalized spacial score (nSPS) is 29.7. The summed E-state index contributed by atoms with van der Waals surface area (Å²) in [5, 5.41) is 20.2. The Hall–Kier alpha value is -2.43. The van der Waals surface area contributed by atoms with E-state index in [0.29, 0.717) is 41.0 Å². The molecule has 0 spiro atoms. The number of benzene rings is 1. The van der Waals surface area contributed by atoms with Gasteiger partial charge in [-0.2, -0.15) is 4.98 Å². The Morgan fingerprint density at radius 3 is 2.69 bits per heavy atom. The molecule has 0 aliphatic carbocycles. The molecule has 0 saturated carbocycles. The monoisotopic (exact) mass is 458 g/mol. The molecule has 3 aromatic rings. The number of nitrogens with one attached hydrogen (secondary N) is 1. The van der Waals surface area contributed by atoms with Crippen LogP contribution in [0, 0.1) is 0 Å². The Morgan fingerprint density at radius 1 is 1.09 bits per heavy atom. The second-order valence-corrected chi connectivity index (χ2v) is 8.89. The smallest absolute Gasteiger partial charge is 0.296 e. The number of halogens is 1. The molecule has 10 heteroatoms. The number of nitrogens with zero attached hydrogens (tertiary/aromatic N) is 3. The first-order chi connectivity index (χ1) is 15.5. The molecule has 0 bridgehead atoms. The predicted molar refractivity (Wildman–Crippen MR) is 117 cm³/mol. The Labute approximate surface area is 188 Å². The van der Waals surface area contributed by atoms with E-state index in [-0.39, 0.29) is 31.0 Å². The first kappa shape index (κ1) is 20.2. The van der Waals surface area contributed by atoms with Crippen LogP contribution in [0.15, 0.2) is 30.3 Å². The van der Waals surface area contributed by atoms with E-state index in [1.54, 1.807) is 6.07 Å². The molecule has 2 aromatic heterocycles. The summed E-state index contributed by atoms with van der Waals surface area (Å²) in [6.45, 7) is 2.06. The number of hydrogen-bond acceptors (Lipinski definition) is 8. The molecule has 1 unspecified atom stereocenters. The molecule has 168 valence electrons. The van der Waals surface area contributed by atoms with Gasteiger partial charge < -0.3 is 34.3 Å². The van der Waals surface area contributed by atoms with Crippen LogP contribution in [-0.2, 0) is 9.47 Å². The quantitative estimate of drug-likeness (QED) is 0.542. The number of hydrogen-bond donors (Lipinski definition) is 3. The number of fused-ring (bicyclic) bond motifs is 2. The van der Waals surface area contributed by atoms with Gasteiger partial charge in [0.25, 0.3) is 6.01 Å². The summed E-state index contributed by atoms with van der Waals surface area (Å²) in [6, 6.07) is 10.1. The van der Waals surface area contributed by atoms with Gasteiger partial charge in [0.15, 0.2) is 11.8 Å². The topological polar surface area (TPSA) is 113 Å². The van der Waals surface area contributed by atoms with Crippen LogP contribution in [0.1, 0.15) is 6.42 Å².